The Bertz CT molecular complexity index is 243. The predicted molar refractivity (Wildman–Crippen MR) is 55.7 cm³/mol. The van der Waals surface area contributed by atoms with Crippen molar-refractivity contribution in [1.82, 2.24) is 10.2 Å². The van der Waals surface area contributed by atoms with Gasteiger partial charge in [-0.25, -0.2) is 4.79 Å². The molecule has 5 nitrogen and oxygen atoms in total. The average Bonchev–Trinajstić information content (AvgIpc) is 2.39. The maximum atomic E-state index is 11.6. The summed E-state index contributed by atoms with van der Waals surface area (Å²) in [6.45, 7) is 2.43. The number of likely N-dealkylation sites (tertiary alicyclic amines) is 1. The molecule has 1 rings (SSSR count). The van der Waals surface area contributed by atoms with Crippen LogP contribution in [0.15, 0.2) is 0 Å². The molecule has 15 heavy (non-hydrogen) atoms. The summed E-state index contributed by atoms with van der Waals surface area (Å²) in [4.78, 5) is 23.7. The second kappa shape index (κ2) is 5.58. The second-order valence-electron chi connectivity index (χ2n) is 3.94. The molecule has 0 aromatic carbocycles. The van der Waals surface area contributed by atoms with Crippen LogP contribution in [0.1, 0.15) is 32.6 Å². The van der Waals surface area contributed by atoms with Crippen molar-refractivity contribution in [3.05, 3.63) is 0 Å². The molecule has 0 spiro atoms. The topological polar surface area (TPSA) is 69.6 Å². The number of carboxylic acid groups (broad SMARTS) is 1. The minimum atomic E-state index is -1.01. The number of carboxylic acids is 1. The van der Waals surface area contributed by atoms with Gasteiger partial charge in [-0.1, -0.05) is 12.8 Å². The molecular weight excluding hydrogens is 196 g/mol. The van der Waals surface area contributed by atoms with E-state index in [-0.39, 0.29) is 18.6 Å². The van der Waals surface area contributed by atoms with Gasteiger partial charge in [-0.15, -0.1) is 0 Å². The van der Waals surface area contributed by atoms with E-state index in [9.17, 15) is 9.59 Å². The first kappa shape index (κ1) is 11.8. The first-order valence-electron chi connectivity index (χ1n) is 5.37. The fourth-order valence-corrected chi connectivity index (χ4v) is 1.83. The van der Waals surface area contributed by atoms with Crippen LogP contribution in [-0.2, 0) is 4.79 Å². The Morgan fingerprint density at radius 3 is 2.80 bits per heavy atom. The Hall–Kier alpha value is -1.26. The summed E-state index contributed by atoms with van der Waals surface area (Å²) in [5.41, 5.74) is 0. The van der Waals surface area contributed by atoms with E-state index in [1.807, 2.05) is 6.92 Å². The SMILES string of the molecule is CC1CCCCCN1C(=O)NCC(=O)O. The smallest absolute Gasteiger partial charge is 0.323 e. The zero-order valence-corrected chi connectivity index (χ0v) is 9.03. The number of carbonyl (C=O) groups excluding carboxylic acids is 1. The highest BCUT2D eigenvalue weighted by atomic mass is 16.4. The molecule has 1 saturated heterocycles. The highest BCUT2D eigenvalue weighted by Gasteiger charge is 2.21. The molecule has 1 fully saturated rings. The summed E-state index contributed by atoms with van der Waals surface area (Å²) in [5, 5.41) is 10.8. The summed E-state index contributed by atoms with van der Waals surface area (Å²) < 4.78 is 0. The van der Waals surface area contributed by atoms with E-state index in [1.54, 1.807) is 4.90 Å². The molecule has 1 unspecified atom stereocenters. The normalized spacial score (nSPS) is 21.9. The number of nitrogens with one attached hydrogen (secondary N) is 1. The zero-order chi connectivity index (χ0) is 11.3. The van der Waals surface area contributed by atoms with Crippen LogP contribution in [0.5, 0.6) is 0 Å². The molecule has 0 radical (unpaired) electrons. The number of carbonyl (C=O) groups is 2. The minimum absolute atomic E-state index is 0.210. The van der Waals surface area contributed by atoms with Crippen molar-refractivity contribution in [2.45, 2.75) is 38.6 Å². The van der Waals surface area contributed by atoms with Gasteiger partial charge in [0.05, 0.1) is 0 Å². The third-order valence-corrected chi connectivity index (χ3v) is 2.70. The summed E-state index contributed by atoms with van der Waals surface area (Å²) >= 11 is 0. The Kier molecular flexibility index (Phi) is 4.39. The number of amides is 2. The lowest BCUT2D eigenvalue weighted by molar-refractivity contribution is -0.135. The summed E-state index contributed by atoms with van der Waals surface area (Å²) in [6, 6.07) is -0.0481. The van der Waals surface area contributed by atoms with Gasteiger partial charge < -0.3 is 15.3 Å². The molecule has 5 heteroatoms. The van der Waals surface area contributed by atoms with E-state index in [1.165, 1.54) is 0 Å². The number of aliphatic carboxylic acids is 1. The van der Waals surface area contributed by atoms with Gasteiger partial charge in [0.1, 0.15) is 6.54 Å². The third kappa shape index (κ3) is 3.77. The van der Waals surface area contributed by atoms with Crippen molar-refractivity contribution in [3.8, 4) is 0 Å². The summed E-state index contributed by atoms with van der Waals surface area (Å²) in [6.07, 6.45) is 4.29. The van der Waals surface area contributed by atoms with Crippen molar-refractivity contribution in [2.24, 2.45) is 0 Å². The molecule has 0 saturated carbocycles. The van der Waals surface area contributed by atoms with Crippen LogP contribution in [0.4, 0.5) is 4.79 Å². The first-order chi connectivity index (χ1) is 7.11. The standard InChI is InChI=1S/C10H18N2O3/c1-8-5-3-2-4-6-12(8)10(15)11-7-9(13)14/h8H,2-7H2,1H3,(H,11,15)(H,13,14). The number of urea groups is 1. The molecule has 0 bridgehead atoms. The summed E-state index contributed by atoms with van der Waals surface area (Å²) in [7, 11) is 0. The number of hydrogen-bond donors (Lipinski definition) is 2. The maximum absolute atomic E-state index is 11.6. The molecule has 86 valence electrons. The molecule has 2 N–H and O–H groups in total. The lowest BCUT2D eigenvalue weighted by Crippen LogP contribution is -2.46. The fraction of sp³-hybridized carbons (Fsp3) is 0.800. The highest BCUT2D eigenvalue weighted by molar-refractivity contribution is 5.80. The molecule has 1 heterocycles. The largest absolute Gasteiger partial charge is 0.480 e. The number of nitrogens with zero attached hydrogens (tertiary/aromatic N) is 1. The Morgan fingerprint density at radius 1 is 1.40 bits per heavy atom. The number of hydrogen-bond acceptors (Lipinski definition) is 2. The van der Waals surface area contributed by atoms with E-state index in [2.05, 4.69) is 5.32 Å². The first-order valence-corrected chi connectivity index (χ1v) is 5.37. The Labute approximate surface area is 89.4 Å². The quantitative estimate of drug-likeness (QED) is 0.721. The van der Waals surface area contributed by atoms with E-state index < -0.39 is 5.97 Å². The van der Waals surface area contributed by atoms with Gasteiger partial charge in [-0.05, 0) is 19.8 Å². The Morgan fingerprint density at radius 2 is 2.13 bits per heavy atom. The van der Waals surface area contributed by atoms with E-state index in [0.717, 1.165) is 32.2 Å². The fourth-order valence-electron chi connectivity index (χ4n) is 1.83. The van der Waals surface area contributed by atoms with Crippen LogP contribution in [0.25, 0.3) is 0 Å². The summed E-state index contributed by atoms with van der Waals surface area (Å²) in [5.74, 6) is -1.01. The Balaban J connectivity index is 2.44. The van der Waals surface area contributed by atoms with Crippen LogP contribution in [0, 0.1) is 0 Å². The van der Waals surface area contributed by atoms with Gasteiger partial charge in [0, 0.05) is 12.6 Å². The molecule has 0 aromatic rings. The van der Waals surface area contributed by atoms with E-state index in [0.29, 0.717) is 0 Å². The van der Waals surface area contributed by atoms with Gasteiger partial charge in [0.2, 0.25) is 0 Å². The van der Waals surface area contributed by atoms with Crippen LogP contribution in [0.2, 0.25) is 0 Å². The third-order valence-electron chi connectivity index (χ3n) is 2.70. The van der Waals surface area contributed by atoms with Crippen LogP contribution in [0.3, 0.4) is 0 Å². The van der Waals surface area contributed by atoms with Gasteiger partial charge in [-0.3, -0.25) is 4.79 Å². The molecule has 1 atom stereocenters. The van der Waals surface area contributed by atoms with Crippen LogP contribution in [-0.4, -0.2) is 41.1 Å². The molecule has 0 aromatic heterocycles. The van der Waals surface area contributed by atoms with Gasteiger partial charge >= 0.3 is 12.0 Å². The predicted octanol–water partition coefficient (Wildman–Crippen LogP) is 1.05. The van der Waals surface area contributed by atoms with Crippen molar-refractivity contribution in [2.75, 3.05) is 13.1 Å². The molecule has 1 aliphatic rings. The van der Waals surface area contributed by atoms with Gasteiger partial charge in [0.25, 0.3) is 0 Å². The second-order valence-corrected chi connectivity index (χ2v) is 3.94. The molecule has 1 aliphatic heterocycles. The monoisotopic (exact) mass is 214 g/mol. The van der Waals surface area contributed by atoms with Crippen molar-refractivity contribution in [3.63, 3.8) is 0 Å². The van der Waals surface area contributed by atoms with Crippen molar-refractivity contribution < 1.29 is 14.7 Å². The highest BCUT2D eigenvalue weighted by Crippen LogP contribution is 2.15. The van der Waals surface area contributed by atoms with Gasteiger partial charge in [0.15, 0.2) is 0 Å². The van der Waals surface area contributed by atoms with Crippen LogP contribution < -0.4 is 5.32 Å². The average molecular weight is 214 g/mol. The van der Waals surface area contributed by atoms with Crippen LogP contribution >= 0.6 is 0 Å². The zero-order valence-electron chi connectivity index (χ0n) is 9.03. The van der Waals surface area contributed by atoms with Crippen molar-refractivity contribution >= 4 is 12.0 Å². The minimum Gasteiger partial charge on any atom is -0.480 e. The lowest BCUT2D eigenvalue weighted by atomic mass is 10.1. The lowest BCUT2D eigenvalue weighted by Gasteiger charge is -2.26. The molecular formula is C10H18N2O3. The van der Waals surface area contributed by atoms with Crippen molar-refractivity contribution in [1.29, 1.82) is 0 Å². The van der Waals surface area contributed by atoms with E-state index in [4.69, 9.17) is 5.11 Å². The van der Waals surface area contributed by atoms with Gasteiger partial charge in [-0.2, -0.15) is 0 Å². The maximum Gasteiger partial charge on any atom is 0.323 e. The number of rotatable bonds is 2. The molecule has 2 amide bonds. The molecule has 0 aliphatic carbocycles. The van der Waals surface area contributed by atoms with E-state index >= 15 is 0 Å².